The van der Waals surface area contributed by atoms with Crippen molar-refractivity contribution in [1.29, 1.82) is 0 Å². The highest BCUT2D eigenvalue weighted by Gasteiger charge is 2.25. The number of nitrogens with one attached hydrogen (secondary N) is 1. The molecular formula is C16H18N4O3S2. The fourth-order valence-electron chi connectivity index (χ4n) is 2.55. The SMILES string of the molecule is CCc1nn2c(=O)c(S(=O)(=O)Nc3ccc(C)cc3C)c(C)nc2s1. The Morgan fingerprint density at radius 1 is 1.24 bits per heavy atom. The lowest BCUT2D eigenvalue weighted by molar-refractivity contribution is 0.597. The first-order valence-electron chi connectivity index (χ1n) is 7.72. The van der Waals surface area contributed by atoms with Crippen LogP contribution in [0.25, 0.3) is 4.96 Å². The minimum absolute atomic E-state index is 0.161. The average molecular weight is 378 g/mol. The van der Waals surface area contributed by atoms with Gasteiger partial charge < -0.3 is 0 Å². The molecule has 3 aromatic rings. The molecule has 0 saturated heterocycles. The van der Waals surface area contributed by atoms with Crippen molar-refractivity contribution in [2.24, 2.45) is 0 Å². The lowest BCUT2D eigenvalue weighted by Crippen LogP contribution is -2.28. The highest BCUT2D eigenvalue weighted by molar-refractivity contribution is 7.92. The monoisotopic (exact) mass is 378 g/mol. The van der Waals surface area contributed by atoms with E-state index in [-0.39, 0.29) is 10.6 Å². The predicted octanol–water partition coefficient (Wildman–Crippen LogP) is 2.44. The molecule has 1 N–H and O–H groups in total. The minimum Gasteiger partial charge on any atom is -0.279 e. The van der Waals surface area contributed by atoms with Gasteiger partial charge in [0.1, 0.15) is 5.01 Å². The minimum atomic E-state index is -4.08. The quantitative estimate of drug-likeness (QED) is 0.753. The normalized spacial score (nSPS) is 11.8. The molecule has 2 heterocycles. The van der Waals surface area contributed by atoms with Crippen molar-refractivity contribution >= 4 is 32.0 Å². The lowest BCUT2D eigenvalue weighted by Gasteiger charge is -2.12. The second-order valence-electron chi connectivity index (χ2n) is 5.80. The molecule has 9 heteroatoms. The molecule has 1 aromatic carbocycles. The van der Waals surface area contributed by atoms with Crippen LogP contribution in [-0.2, 0) is 16.4 Å². The second kappa shape index (κ2) is 6.23. The summed E-state index contributed by atoms with van der Waals surface area (Å²) in [5, 5.41) is 4.87. The molecule has 0 aliphatic heterocycles. The zero-order valence-corrected chi connectivity index (χ0v) is 16.0. The van der Waals surface area contributed by atoms with Crippen molar-refractivity contribution in [3.05, 3.63) is 50.4 Å². The number of rotatable bonds is 4. The van der Waals surface area contributed by atoms with Gasteiger partial charge >= 0.3 is 0 Å². The van der Waals surface area contributed by atoms with Crippen LogP contribution in [0.3, 0.4) is 0 Å². The van der Waals surface area contributed by atoms with E-state index in [1.54, 1.807) is 19.1 Å². The van der Waals surface area contributed by atoms with Crippen molar-refractivity contribution < 1.29 is 8.42 Å². The standard InChI is InChI=1S/C16H18N4O3S2/c1-5-13-18-20-15(21)14(11(4)17-16(20)24-13)25(22,23)19-12-7-6-9(2)8-10(12)3/h6-8,19H,5H2,1-4H3. The van der Waals surface area contributed by atoms with Crippen molar-refractivity contribution in [3.8, 4) is 0 Å². The summed E-state index contributed by atoms with van der Waals surface area (Å²) in [7, 11) is -4.08. The van der Waals surface area contributed by atoms with Crippen LogP contribution in [-0.4, -0.2) is 23.0 Å². The number of nitrogens with zero attached hydrogens (tertiary/aromatic N) is 3. The number of benzene rings is 1. The van der Waals surface area contributed by atoms with Gasteiger partial charge in [-0.25, -0.2) is 13.4 Å². The van der Waals surface area contributed by atoms with Crippen LogP contribution in [0.5, 0.6) is 0 Å². The topological polar surface area (TPSA) is 93.4 Å². The Hall–Kier alpha value is -2.26. The van der Waals surface area contributed by atoms with Gasteiger partial charge in [-0.3, -0.25) is 9.52 Å². The molecule has 25 heavy (non-hydrogen) atoms. The molecule has 0 aliphatic rings. The zero-order valence-electron chi connectivity index (χ0n) is 14.3. The van der Waals surface area contributed by atoms with Gasteiger partial charge in [-0.15, -0.1) is 0 Å². The van der Waals surface area contributed by atoms with E-state index in [1.165, 1.54) is 18.3 Å². The summed E-state index contributed by atoms with van der Waals surface area (Å²) >= 11 is 1.28. The third-order valence-corrected chi connectivity index (χ3v) is 6.33. The maximum Gasteiger partial charge on any atom is 0.296 e. The van der Waals surface area contributed by atoms with Crippen molar-refractivity contribution in [2.75, 3.05) is 4.72 Å². The maximum atomic E-state index is 12.8. The van der Waals surface area contributed by atoms with E-state index in [1.807, 2.05) is 19.9 Å². The highest BCUT2D eigenvalue weighted by Crippen LogP contribution is 2.21. The summed E-state index contributed by atoms with van der Waals surface area (Å²) in [5.41, 5.74) is 1.71. The van der Waals surface area contributed by atoms with Crippen LogP contribution < -0.4 is 10.3 Å². The van der Waals surface area contributed by atoms with Gasteiger partial charge in [-0.2, -0.15) is 9.61 Å². The van der Waals surface area contributed by atoms with Crippen LogP contribution in [0.15, 0.2) is 27.9 Å². The molecule has 0 saturated carbocycles. The number of aromatic nitrogens is 3. The number of hydrogen-bond acceptors (Lipinski definition) is 6. The fourth-order valence-corrected chi connectivity index (χ4v) is 4.79. The molecule has 0 amide bonds. The summed E-state index contributed by atoms with van der Waals surface area (Å²) in [6.45, 7) is 7.16. The van der Waals surface area contributed by atoms with Crippen molar-refractivity contribution in [2.45, 2.75) is 39.0 Å². The number of aryl methyl sites for hydroxylation is 4. The summed E-state index contributed by atoms with van der Waals surface area (Å²) in [6.07, 6.45) is 0.648. The Labute approximate surface area is 149 Å². The van der Waals surface area contributed by atoms with E-state index in [0.29, 0.717) is 17.1 Å². The molecule has 3 rings (SSSR count). The Kier molecular flexibility index (Phi) is 4.38. The van der Waals surface area contributed by atoms with Crippen LogP contribution in [0.2, 0.25) is 0 Å². The molecular weight excluding hydrogens is 360 g/mol. The van der Waals surface area contributed by atoms with Crippen LogP contribution in [0.4, 0.5) is 5.69 Å². The third-order valence-electron chi connectivity index (χ3n) is 3.78. The molecule has 0 unspecified atom stereocenters. The van der Waals surface area contributed by atoms with E-state index in [9.17, 15) is 13.2 Å². The van der Waals surface area contributed by atoms with Gasteiger partial charge in [0.15, 0.2) is 4.90 Å². The van der Waals surface area contributed by atoms with Crippen LogP contribution in [0, 0.1) is 20.8 Å². The third kappa shape index (κ3) is 3.16. The molecule has 2 aromatic heterocycles. The molecule has 0 bridgehead atoms. The van der Waals surface area contributed by atoms with Gasteiger partial charge in [-0.1, -0.05) is 36.0 Å². The van der Waals surface area contributed by atoms with E-state index >= 15 is 0 Å². The zero-order chi connectivity index (χ0) is 18.4. The van der Waals surface area contributed by atoms with E-state index in [0.717, 1.165) is 20.6 Å². The lowest BCUT2D eigenvalue weighted by atomic mass is 10.1. The first-order chi connectivity index (χ1) is 11.7. The van der Waals surface area contributed by atoms with Gasteiger partial charge in [0, 0.05) is 0 Å². The Bertz CT molecular complexity index is 1130. The maximum absolute atomic E-state index is 12.8. The number of hydrogen-bond donors (Lipinski definition) is 1. The Morgan fingerprint density at radius 3 is 2.60 bits per heavy atom. The molecule has 7 nitrogen and oxygen atoms in total. The molecule has 0 fully saturated rings. The number of fused-ring (bicyclic) bond motifs is 1. The highest BCUT2D eigenvalue weighted by atomic mass is 32.2. The Morgan fingerprint density at radius 2 is 1.96 bits per heavy atom. The smallest absolute Gasteiger partial charge is 0.279 e. The summed E-state index contributed by atoms with van der Waals surface area (Å²) in [5.74, 6) is 0. The summed E-state index contributed by atoms with van der Waals surface area (Å²) < 4.78 is 29.2. The second-order valence-corrected chi connectivity index (χ2v) is 8.46. The first-order valence-corrected chi connectivity index (χ1v) is 10.0. The van der Waals surface area contributed by atoms with Crippen LogP contribution in [0.1, 0.15) is 28.8 Å². The summed E-state index contributed by atoms with van der Waals surface area (Å²) in [6, 6.07) is 5.35. The van der Waals surface area contributed by atoms with E-state index < -0.39 is 15.6 Å². The van der Waals surface area contributed by atoms with Crippen LogP contribution >= 0.6 is 11.3 Å². The molecule has 0 radical (unpaired) electrons. The fraction of sp³-hybridized carbons (Fsp3) is 0.312. The van der Waals surface area contributed by atoms with Gasteiger partial charge in [0.05, 0.1) is 11.4 Å². The molecule has 0 aliphatic carbocycles. The van der Waals surface area contributed by atoms with E-state index in [2.05, 4.69) is 14.8 Å². The van der Waals surface area contributed by atoms with Crippen molar-refractivity contribution in [3.63, 3.8) is 0 Å². The predicted molar refractivity (Wildman–Crippen MR) is 98.0 cm³/mol. The average Bonchev–Trinajstić information content (AvgIpc) is 2.93. The molecule has 0 atom stereocenters. The molecule has 132 valence electrons. The van der Waals surface area contributed by atoms with Gasteiger partial charge in [-0.05, 0) is 38.8 Å². The molecule has 0 spiro atoms. The first kappa shape index (κ1) is 17.6. The van der Waals surface area contributed by atoms with E-state index in [4.69, 9.17) is 0 Å². The Balaban J connectivity index is 2.15. The van der Waals surface area contributed by atoms with Crippen molar-refractivity contribution in [1.82, 2.24) is 14.6 Å². The number of anilines is 1. The van der Waals surface area contributed by atoms with Gasteiger partial charge in [0.2, 0.25) is 4.96 Å². The number of sulfonamides is 1. The summed E-state index contributed by atoms with van der Waals surface area (Å²) in [4.78, 5) is 17.0. The van der Waals surface area contributed by atoms with Gasteiger partial charge in [0.25, 0.3) is 15.6 Å². The largest absolute Gasteiger partial charge is 0.296 e.